The van der Waals surface area contributed by atoms with Gasteiger partial charge in [0.05, 0.1) is 0 Å². The van der Waals surface area contributed by atoms with Gasteiger partial charge in [0.25, 0.3) is 0 Å². The van der Waals surface area contributed by atoms with Crippen molar-refractivity contribution in [3.63, 3.8) is 0 Å². The van der Waals surface area contributed by atoms with Crippen LogP contribution < -0.4 is 26.3 Å². The molecule has 0 bridgehead atoms. The van der Waals surface area contributed by atoms with Crippen molar-refractivity contribution in [2.24, 2.45) is 13.5 Å². The van der Waals surface area contributed by atoms with Gasteiger partial charge in [-0.2, -0.15) is 0 Å². The van der Waals surface area contributed by atoms with Crippen molar-refractivity contribution < 1.29 is 0 Å². The molecule has 0 saturated heterocycles. The van der Waals surface area contributed by atoms with E-state index >= 15 is 0 Å². The molecule has 4 aromatic rings. The van der Waals surface area contributed by atoms with Gasteiger partial charge in [-0.3, -0.25) is 5.09 Å². The van der Waals surface area contributed by atoms with Crippen LogP contribution in [0.4, 0.5) is 0 Å². The second-order valence-electron chi connectivity index (χ2n) is 7.95. The van der Waals surface area contributed by atoms with Gasteiger partial charge in [0.15, 0.2) is 0 Å². The predicted octanol–water partition coefficient (Wildman–Crippen LogP) is 6.41. The molecule has 4 nitrogen and oxygen atoms in total. The van der Waals surface area contributed by atoms with Crippen LogP contribution >= 0.6 is 21.8 Å². The third kappa shape index (κ3) is 4.03. The summed E-state index contributed by atoms with van der Waals surface area (Å²) in [4.78, 5) is 0. The number of hydrogen-bond donors (Lipinski definition) is 1. The standard InChI is InChI=1S/C26H27N4P3/c1-27-31(2)28-32(23-15-7-3-8-16-23,24-17-9-4-10-18-24)30-33(29-31,25-19-11-5-12-20-25)26-21-13-6-14-22-26/h3-22,27H,1-2H3. The van der Waals surface area contributed by atoms with Crippen molar-refractivity contribution in [2.45, 2.75) is 0 Å². The maximum atomic E-state index is 5.85. The molecule has 0 saturated carbocycles. The van der Waals surface area contributed by atoms with Gasteiger partial charge >= 0.3 is 0 Å². The van der Waals surface area contributed by atoms with Crippen molar-refractivity contribution >= 4 is 43.0 Å². The van der Waals surface area contributed by atoms with Crippen LogP contribution in [0.15, 0.2) is 135 Å². The normalized spacial score (nSPS) is 20.7. The monoisotopic (exact) mass is 488 g/mol. The zero-order valence-electron chi connectivity index (χ0n) is 18.7. The lowest BCUT2D eigenvalue weighted by Crippen LogP contribution is -2.22. The quantitative estimate of drug-likeness (QED) is 0.324. The maximum Gasteiger partial charge on any atom is 0.141 e. The van der Waals surface area contributed by atoms with E-state index in [-0.39, 0.29) is 0 Å². The fourth-order valence-electron chi connectivity index (χ4n) is 4.09. The highest BCUT2D eigenvalue weighted by Crippen LogP contribution is 2.74. The predicted molar refractivity (Wildman–Crippen MR) is 147 cm³/mol. The van der Waals surface area contributed by atoms with Crippen molar-refractivity contribution in [2.75, 3.05) is 13.7 Å². The first-order valence-electron chi connectivity index (χ1n) is 10.9. The molecule has 0 aliphatic carbocycles. The minimum absolute atomic E-state index is 1.17. The Morgan fingerprint density at radius 3 is 1.06 bits per heavy atom. The molecule has 4 aromatic carbocycles. The van der Waals surface area contributed by atoms with Crippen LogP contribution in [0.1, 0.15) is 0 Å². The molecule has 0 spiro atoms. The first-order valence-corrected chi connectivity index (χ1v) is 16.4. The Morgan fingerprint density at radius 1 is 0.455 bits per heavy atom. The van der Waals surface area contributed by atoms with E-state index in [0.717, 1.165) is 0 Å². The van der Waals surface area contributed by atoms with Gasteiger partial charge in [-0.1, -0.05) is 121 Å². The smallest absolute Gasteiger partial charge is 0.141 e. The van der Waals surface area contributed by atoms with E-state index < -0.39 is 21.8 Å². The highest BCUT2D eigenvalue weighted by molar-refractivity contribution is 7.96. The SMILES string of the molecule is CNP1(C)=NP(c2ccccc2)(c2ccccc2)=NP(c2ccccc2)(c2ccccc2)=N1. The highest BCUT2D eigenvalue weighted by Gasteiger charge is 2.38. The van der Waals surface area contributed by atoms with Crippen LogP contribution in [0.25, 0.3) is 0 Å². The second-order valence-corrected chi connectivity index (χ2v) is 16.8. The Morgan fingerprint density at radius 2 is 0.758 bits per heavy atom. The summed E-state index contributed by atoms with van der Waals surface area (Å²) in [5.74, 6) is 0. The van der Waals surface area contributed by atoms with Crippen LogP contribution in [-0.4, -0.2) is 13.7 Å². The van der Waals surface area contributed by atoms with Crippen molar-refractivity contribution in [1.29, 1.82) is 0 Å². The van der Waals surface area contributed by atoms with Crippen LogP contribution in [0.2, 0.25) is 0 Å². The summed E-state index contributed by atoms with van der Waals surface area (Å²) in [7, 11) is -5.24. The summed E-state index contributed by atoms with van der Waals surface area (Å²) in [6, 6.07) is 42.5. The van der Waals surface area contributed by atoms with Crippen LogP contribution in [0.5, 0.6) is 0 Å². The first kappa shape index (κ1) is 22.3. The molecule has 0 aromatic heterocycles. The molecular weight excluding hydrogens is 461 g/mol. The molecule has 1 aliphatic heterocycles. The summed E-state index contributed by atoms with van der Waals surface area (Å²) in [6.45, 7) is 2.18. The van der Waals surface area contributed by atoms with Crippen molar-refractivity contribution in [1.82, 2.24) is 5.09 Å². The second kappa shape index (κ2) is 9.05. The highest BCUT2D eigenvalue weighted by atomic mass is 31.3. The number of rotatable bonds is 5. The molecular formula is C26H27N4P3. The summed E-state index contributed by atoms with van der Waals surface area (Å²) in [5, 5.41) is 8.22. The number of nitrogens with one attached hydrogen (secondary N) is 1. The lowest BCUT2D eigenvalue weighted by atomic mass is 10.4. The van der Waals surface area contributed by atoms with E-state index in [0.29, 0.717) is 0 Å². The first-order chi connectivity index (χ1) is 16.1. The third-order valence-corrected chi connectivity index (χ3v) is 17.6. The van der Waals surface area contributed by atoms with E-state index in [1.165, 1.54) is 21.2 Å². The molecule has 1 heterocycles. The average Bonchev–Trinajstić information content (AvgIpc) is 2.90. The maximum absolute atomic E-state index is 5.85. The van der Waals surface area contributed by atoms with Gasteiger partial charge in [0.2, 0.25) is 0 Å². The molecule has 1 N–H and O–H groups in total. The van der Waals surface area contributed by atoms with Crippen LogP contribution in [0, 0.1) is 0 Å². The summed E-state index contributed by atoms with van der Waals surface area (Å²) < 4.78 is 17.0. The minimum atomic E-state index is -2.49. The van der Waals surface area contributed by atoms with Gasteiger partial charge in [-0.15, -0.1) is 0 Å². The van der Waals surface area contributed by atoms with Gasteiger partial charge < -0.3 is 0 Å². The zero-order chi connectivity index (χ0) is 22.8. The fourth-order valence-corrected chi connectivity index (χ4v) is 18.0. The molecule has 1 unspecified atom stereocenters. The minimum Gasteiger partial charge on any atom is -0.269 e. The largest absolute Gasteiger partial charge is 0.269 e. The summed E-state index contributed by atoms with van der Waals surface area (Å²) >= 11 is 0. The molecule has 0 amide bonds. The molecule has 0 fully saturated rings. The Labute approximate surface area is 196 Å². The molecule has 33 heavy (non-hydrogen) atoms. The molecule has 1 aliphatic rings. The summed E-state index contributed by atoms with van der Waals surface area (Å²) in [5.41, 5.74) is 0. The van der Waals surface area contributed by atoms with E-state index in [2.05, 4.69) is 133 Å². The van der Waals surface area contributed by atoms with E-state index in [4.69, 9.17) is 13.5 Å². The van der Waals surface area contributed by atoms with Crippen LogP contribution in [-0.2, 0) is 0 Å². The number of hydrogen-bond acceptors (Lipinski definition) is 4. The molecule has 5 rings (SSSR count). The van der Waals surface area contributed by atoms with E-state index in [9.17, 15) is 0 Å². The molecule has 1 atom stereocenters. The number of nitrogens with zero attached hydrogens (tertiary/aromatic N) is 3. The molecule has 0 radical (unpaired) electrons. The average molecular weight is 488 g/mol. The summed E-state index contributed by atoms with van der Waals surface area (Å²) in [6.07, 6.45) is 0. The van der Waals surface area contributed by atoms with Gasteiger partial charge in [-0.05, 0) is 7.05 Å². The Hall–Kier alpha value is -2.47. The third-order valence-electron chi connectivity index (χ3n) is 5.75. The van der Waals surface area contributed by atoms with Crippen molar-refractivity contribution in [3.8, 4) is 0 Å². The van der Waals surface area contributed by atoms with Gasteiger partial charge in [-0.25, -0.2) is 13.5 Å². The molecule has 7 heteroatoms. The fraction of sp³-hybridized carbons (Fsp3) is 0.0769. The number of benzene rings is 4. The van der Waals surface area contributed by atoms with Gasteiger partial charge in [0, 0.05) is 27.9 Å². The zero-order valence-corrected chi connectivity index (χ0v) is 21.4. The van der Waals surface area contributed by atoms with E-state index in [1.807, 2.05) is 7.05 Å². The van der Waals surface area contributed by atoms with Gasteiger partial charge in [0.1, 0.15) is 21.8 Å². The Bertz CT molecular complexity index is 1250. The lowest BCUT2D eigenvalue weighted by molar-refractivity contribution is 1.23. The van der Waals surface area contributed by atoms with Crippen LogP contribution in [0.3, 0.4) is 0 Å². The molecule has 166 valence electrons. The van der Waals surface area contributed by atoms with Crippen molar-refractivity contribution in [3.05, 3.63) is 121 Å². The van der Waals surface area contributed by atoms with E-state index in [1.54, 1.807) is 0 Å². The Balaban J connectivity index is 2.02. The Kier molecular flexibility index (Phi) is 6.12. The topological polar surface area (TPSA) is 49.1 Å². The lowest BCUT2D eigenvalue weighted by Gasteiger charge is -2.36.